The molecule has 0 heterocycles. The second kappa shape index (κ2) is 7.13. The molecule has 5 rings (SSSR count). The quantitative estimate of drug-likeness (QED) is 0.476. The van der Waals surface area contributed by atoms with Crippen LogP contribution in [0.5, 0.6) is 0 Å². The average molecular weight is 379 g/mol. The Labute approximate surface area is 166 Å². The largest absolute Gasteiger partial charge is 0.207 e. The number of hydrogen-bond acceptors (Lipinski definition) is 0. The van der Waals surface area contributed by atoms with Crippen molar-refractivity contribution in [1.29, 1.82) is 0 Å². The van der Waals surface area contributed by atoms with Crippen LogP contribution in [0.25, 0.3) is 0 Å². The van der Waals surface area contributed by atoms with E-state index >= 15 is 0 Å². The van der Waals surface area contributed by atoms with E-state index in [4.69, 9.17) is 0 Å². The van der Waals surface area contributed by atoms with Crippen molar-refractivity contribution in [2.45, 2.75) is 69.1 Å². The van der Waals surface area contributed by atoms with Gasteiger partial charge in [0.25, 0.3) is 0 Å². The lowest BCUT2D eigenvalue weighted by molar-refractivity contribution is 0.190. The highest BCUT2D eigenvalue weighted by Crippen LogP contribution is 2.61. The molecule has 2 heteroatoms. The van der Waals surface area contributed by atoms with Crippen LogP contribution in [-0.2, 0) is 5.41 Å². The van der Waals surface area contributed by atoms with Gasteiger partial charge in [-0.2, -0.15) is 0 Å². The fourth-order valence-corrected chi connectivity index (χ4v) is 6.51. The van der Waals surface area contributed by atoms with Crippen molar-refractivity contribution in [2.24, 2.45) is 5.92 Å². The summed E-state index contributed by atoms with van der Waals surface area (Å²) in [5.41, 5.74) is 5.86. The van der Waals surface area contributed by atoms with Crippen LogP contribution in [0.4, 0.5) is 8.78 Å². The average Bonchev–Trinajstić information content (AvgIpc) is 2.96. The first-order valence-electron chi connectivity index (χ1n) is 10.9. The molecule has 1 saturated carbocycles. The summed E-state index contributed by atoms with van der Waals surface area (Å²) in [6.07, 6.45) is 11.0. The Morgan fingerprint density at radius 1 is 0.714 bits per heavy atom. The zero-order valence-corrected chi connectivity index (χ0v) is 16.4. The molecule has 1 fully saturated rings. The molecule has 0 aliphatic heterocycles. The summed E-state index contributed by atoms with van der Waals surface area (Å²) in [5.74, 6) is 0.620. The molecule has 3 aliphatic carbocycles. The van der Waals surface area contributed by atoms with Crippen molar-refractivity contribution in [1.82, 2.24) is 0 Å². The van der Waals surface area contributed by atoms with Gasteiger partial charge in [0.1, 0.15) is 11.6 Å². The monoisotopic (exact) mass is 378 g/mol. The fourth-order valence-electron chi connectivity index (χ4n) is 6.51. The van der Waals surface area contributed by atoms with E-state index in [1.54, 1.807) is 35.4 Å². The van der Waals surface area contributed by atoms with E-state index in [2.05, 4.69) is 0 Å². The van der Waals surface area contributed by atoms with Gasteiger partial charge < -0.3 is 0 Å². The van der Waals surface area contributed by atoms with E-state index in [1.807, 2.05) is 24.3 Å². The third kappa shape index (κ3) is 2.93. The lowest BCUT2D eigenvalue weighted by atomic mass is 9.51. The summed E-state index contributed by atoms with van der Waals surface area (Å²) in [5, 5.41) is 0. The Hall–Kier alpha value is -1.96. The predicted octanol–water partition coefficient (Wildman–Crippen LogP) is 7.45. The van der Waals surface area contributed by atoms with Gasteiger partial charge in [0.05, 0.1) is 0 Å². The molecule has 0 aromatic heterocycles. The molecule has 2 bridgehead atoms. The molecule has 0 amide bonds. The Balaban J connectivity index is 1.72. The maximum Gasteiger partial charge on any atom is 0.123 e. The molecule has 0 radical (unpaired) electrons. The van der Waals surface area contributed by atoms with E-state index in [9.17, 15) is 8.78 Å². The van der Waals surface area contributed by atoms with Crippen LogP contribution in [0, 0.1) is 17.6 Å². The summed E-state index contributed by atoms with van der Waals surface area (Å²) < 4.78 is 27.4. The van der Waals surface area contributed by atoms with E-state index in [0.717, 1.165) is 19.3 Å². The van der Waals surface area contributed by atoms with Crippen LogP contribution >= 0.6 is 0 Å². The third-order valence-electron chi connectivity index (χ3n) is 7.61. The standard InChI is InChI=1S/C26H28F2/c27-21-12-8-18(9-13-21)25-24-7-3-1-2-6-23(24)19-5-4-16-26(25,17-19)20-10-14-22(28)15-11-20/h8-15,19,25H,1-7,16-17H2. The van der Waals surface area contributed by atoms with Crippen molar-refractivity contribution >= 4 is 0 Å². The second-order valence-corrected chi connectivity index (χ2v) is 9.05. The van der Waals surface area contributed by atoms with Crippen molar-refractivity contribution < 1.29 is 8.78 Å². The molecule has 3 unspecified atom stereocenters. The van der Waals surface area contributed by atoms with Gasteiger partial charge in [-0.05, 0) is 86.3 Å². The van der Waals surface area contributed by atoms with Gasteiger partial charge in [-0.25, -0.2) is 8.78 Å². The first-order chi connectivity index (χ1) is 13.7. The zero-order valence-electron chi connectivity index (χ0n) is 16.4. The number of benzene rings is 2. The number of fused-ring (bicyclic) bond motifs is 3. The summed E-state index contributed by atoms with van der Waals surface area (Å²) in [6, 6.07) is 14.5. The minimum absolute atomic E-state index is 0.0115. The van der Waals surface area contributed by atoms with E-state index in [0.29, 0.717) is 11.8 Å². The molecular formula is C26H28F2. The maximum absolute atomic E-state index is 13.7. The zero-order chi connectivity index (χ0) is 19.1. The molecule has 28 heavy (non-hydrogen) atoms. The summed E-state index contributed by atoms with van der Waals surface area (Å²) in [7, 11) is 0. The molecule has 0 nitrogen and oxygen atoms in total. The molecule has 3 aliphatic rings. The topological polar surface area (TPSA) is 0 Å². The fraction of sp³-hybridized carbons (Fsp3) is 0.462. The van der Waals surface area contributed by atoms with Crippen LogP contribution in [0.3, 0.4) is 0 Å². The van der Waals surface area contributed by atoms with Crippen molar-refractivity contribution in [3.63, 3.8) is 0 Å². The Morgan fingerprint density at radius 2 is 1.36 bits per heavy atom. The van der Waals surface area contributed by atoms with E-state index in [1.165, 1.54) is 49.7 Å². The third-order valence-corrected chi connectivity index (χ3v) is 7.61. The van der Waals surface area contributed by atoms with Gasteiger partial charge in [0.2, 0.25) is 0 Å². The lowest BCUT2D eigenvalue weighted by Crippen LogP contribution is -2.44. The molecule has 3 atom stereocenters. The highest BCUT2D eigenvalue weighted by Gasteiger charge is 2.50. The van der Waals surface area contributed by atoms with Crippen molar-refractivity contribution in [3.05, 3.63) is 82.4 Å². The first-order valence-corrected chi connectivity index (χ1v) is 10.9. The number of allylic oxidation sites excluding steroid dienone is 2. The minimum Gasteiger partial charge on any atom is -0.207 e. The normalized spacial score (nSPS) is 29.9. The smallest absolute Gasteiger partial charge is 0.123 e. The van der Waals surface area contributed by atoms with Crippen molar-refractivity contribution in [2.75, 3.05) is 0 Å². The molecule has 2 aromatic rings. The minimum atomic E-state index is -0.174. The van der Waals surface area contributed by atoms with E-state index in [-0.39, 0.29) is 17.0 Å². The second-order valence-electron chi connectivity index (χ2n) is 9.05. The number of rotatable bonds is 2. The lowest BCUT2D eigenvalue weighted by Gasteiger charge is -2.53. The van der Waals surface area contributed by atoms with E-state index < -0.39 is 0 Å². The molecule has 0 spiro atoms. The van der Waals surface area contributed by atoms with Crippen LogP contribution in [0.15, 0.2) is 59.7 Å². The summed E-state index contributed by atoms with van der Waals surface area (Å²) in [4.78, 5) is 0. The van der Waals surface area contributed by atoms with Crippen molar-refractivity contribution in [3.8, 4) is 0 Å². The Kier molecular flexibility index (Phi) is 4.61. The molecule has 0 saturated heterocycles. The molecule has 2 aromatic carbocycles. The number of halogens is 2. The van der Waals surface area contributed by atoms with Gasteiger partial charge in [0, 0.05) is 11.3 Å². The van der Waals surface area contributed by atoms with Crippen LogP contribution in [-0.4, -0.2) is 0 Å². The van der Waals surface area contributed by atoms with Gasteiger partial charge in [-0.3, -0.25) is 0 Å². The molecular weight excluding hydrogens is 350 g/mol. The van der Waals surface area contributed by atoms with Gasteiger partial charge in [0.15, 0.2) is 0 Å². The van der Waals surface area contributed by atoms with Crippen LogP contribution in [0.2, 0.25) is 0 Å². The van der Waals surface area contributed by atoms with Gasteiger partial charge >= 0.3 is 0 Å². The highest BCUT2D eigenvalue weighted by molar-refractivity contribution is 5.47. The first kappa shape index (κ1) is 18.1. The predicted molar refractivity (Wildman–Crippen MR) is 109 cm³/mol. The Morgan fingerprint density at radius 3 is 2.07 bits per heavy atom. The molecule has 0 N–H and O–H groups in total. The highest BCUT2D eigenvalue weighted by atomic mass is 19.1. The van der Waals surface area contributed by atoms with Gasteiger partial charge in [-0.15, -0.1) is 0 Å². The SMILES string of the molecule is Fc1ccc(C2C3=C(CCCCC3)C3CCCC2(c2ccc(F)cc2)C3)cc1. The summed E-state index contributed by atoms with van der Waals surface area (Å²) in [6.45, 7) is 0. The molecule has 146 valence electrons. The maximum atomic E-state index is 13.7. The van der Waals surface area contributed by atoms with Crippen LogP contribution in [0.1, 0.15) is 74.8 Å². The number of hydrogen-bond donors (Lipinski definition) is 0. The summed E-state index contributed by atoms with van der Waals surface area (Å²) >= 11 is 0. The Bertz CT molecular complexity index is 878. The van der Waals surface area contributed by atoms with Gasteiger partial charge in [-0.1, -0.05) is 48.3 Å². The van der Waals surface area contributed by atoms with Crippen LogP contribution < -0.4 is 0 Å².